The largest absolute Gasteiger partial charge is 0.361 e. The Bertz CT molecular complexity index is 881. The Morgan fingerprint density at radius 2 is 1.76 bits per heavy atom. The van der Waals surface area contributed by atoms with Gasteiger partial charge >= 0.3 is 0 Å². The fourth-order valence-corrected chi connectivity index (χ4v) is 2.52. The van der Waals surface area contributed by atoms with E-state index in [-0.39, 0.29) is 0 Å². The van der Waals surface area contributed by atoms with Gasteiger partial charge in [0.15, 0.2) is 0 Å². The lowest BCUT2D eigenvalue weighted by atomic mass is 10.1. The molecule has 3 heterocycles. The van der Waals surface area contributed by atoms with Crippen molar-refractivity contribution in [1.29, 1.82) is 0 Å². The molecule has 0 aliphatic carbocycles. The maximum atomic E-state index is 4.82. The molecule has 0 amide bonds. The molecule has 0 aliphatic rings. The van der Waals surface area contributed by atoms with Gasteiger partial charge in [0.05, 0.1) is 16.9 Å². The standard InChI is InChI=1S/C18H13N3/c1-2-11-20-16(7-1)17-10-9-13-5-3-6-14(18(13)21-17)15-8-4-12-19-15/h1-12,19H. The molecule has 3 aromatic heterocycles. The van der Waals surface area contributed by atoms with Crippen molar-refractivity contribution in [3.05, 3.63) is 73.1 Å². The van der Waals surface area contributed by atoms with Crippen molar-refractivity contribution in [1.82, 2.24) is 15.0 Å². The van der Waals surface area contributed by atoms with E-state index in [1.54, 1.807) is 6.20 Å². The average molecular weight is 271 g/mol. The zero-order valence-electron chi connectivity index (χ0n) is 11.3. The smallest absolute Gasteiger partial charge is 0.0894 e. The highest BCUT2D eigenvalue weighted by molar-refractivity contribution is 5.93. The highest BCUT2D eigenvalue weighted by Crippen LogP contribution is 2.28. The number of hydrogen-bond donors (Lipinski definition) is 1. The summed E-state index contributed by atoms with van der Waals surface area (Å²) in [5.74, 6) is 0. The van der Waals surface area contributed by atoms with Crippen LogP contribution < -0.4 is 0 Å². The minimum Gasteiger partial charge on any atom is -0.361 e. The van der Waals surface area contributed by atoms with Gasteiger partial charge < -0.3 is 4.98 Å². The summed E-state index contributed by atoms with van der Waals surface area (Å²) in [4.78, 5) is 12.4. The lowest BCUT2D eigenvalue weighted by Crippen LogP contribution is -1.90. The van der Waals surface area contributed by atoms with Gasteiger partial charge in [-0.15, -0.1) is 0 Å². The first-order valence-corrected chi connectivity index (χ1v) is 6.87. The number of rotatable bonds is 2. The van der Waals surface area contributed by atoms with Crippen LogP contribution in [0.4, 0.5) is 0 Å². The molecule has 4 aromatic rings. The Morgan fingerprint density at radius 1 is 0.762 bits per heavy atom. The number of fused-ring (bicyclic) bond motifs is 1. The number of para-hydroxylation sites is 1. The van der Waals surface area contributed by atoms with Crippen molar-refractivity contribution in [3.8, 4) is 22.6 Å². The third-order valence-corrected chi connectivity index (χ3v) is 3.54. The van der Waals surface area contributed by atoms with Crippen LogP contribution in [0.3, 0.4) is 0 Å². The Hall–Kier alpha value is -2.94. The van der Waals surface area contributed by atoms with Crippen molar-refractivity contribution < 1.29 is 0 Å². The molecule has 1 N–H and O–H groups in total. The second-order valence-electron chi connectivity index (χ2n) is 4.87. The van der Waals surface area contributed by atoms with Crippen molar-refractivity contribution in [3.63, 3.8) is 0 Å². The lowest BCUT2D eigenvalue weighted by molar-refractivity contribution is 1.27. The molecular formula is C18H13N3. The van der Waals surface area contributed by atoms with Gasteiger partial charge in [0.1, 0.15) is 0 Å². The van der Waals surface area contributed by atoms with Crippen molar-refractivity contribution in [2.45, 2.75) is 0 Å². The molecular weight excluding hydrogens is 258 g/mol. The van der Waals surface area contributed by atoms with Crippen LogP contribution in [0, 0.1) is 0 Å². The summed E-state index contributed by atoms with van der Waals surface area (Å²) in [7, 11) is 0. The lowest BCUT2D eigenvalue weighted by Gasteiger charge is -2.06. The Labute approximate surface area is 122 Å². The molecule has 4 rings (SSSR count). The van der Waals surface area contributed by atoms with E-state index in [4.69, 9.17) is 4.98 Å². The molecule has 21 heavy (non-hydrogen) atoms. The Morgan fingerprint density at radius 3 is 2.57 bits per heavy atom. The fourth-order valence-electron chi connectivity index (χ4n) is 2.52. The molecule has 0 atom stereocenters. The Balaban J connectivity index is 1.96. The third-order valence-electron chi connectivity index (χ3n) is 3.54. The minimum atomic E-state index is 0.890. The van der Waals surface area contributed by atoms with Crippen molar-refractivity contribution >= 4 is 10.9 Å². The maximum Gasteiger partial charge on any atom is 0.0894 e. The molecule has 0 saturated heterocycles. The van der Waals surface area contributed by atoms with Crippen LogP contribution in [0.15, 0.2) is 73.1 Å². The van der Waals surface area contributed by atoms with Crippen LogP contribution in [0.5, 0.6) is 0 Å². The molecule has 1 aromatic carbocycles. The van der Waals surface area contributed by atoms with E-state index in [1.165, 1.54) is 0 Å². The summed E-state index contributed by atoms with van der Waals surface area (Å²) >= 11 is 0. The maximum absolute atomic E-state index is 4.82. The van der Waals surface area contributed by atoms with Gasteiger partial charge in [-0.25, -0.2) is 4.98 Å². The number of pyridine rings is 2. The quantitative estimate of drug-likeness (QED) is 0.591. The van der Waals surface area contributed by atoms with E-state index in [9.17, 15) is 0 Å². The molecule has 0 bridgehead atoms. The number of hydrogen-bond acceptors (Lipinski definition) is 2. The molecule has 3 heteroatoms. The number of aromatic amines is 1. The first-order chi connectivity index (χ1) is 10.4. The summed E-state index contributed by atoms with van der Waals surface area (Å²) in [6.45, 7) is 0. The fraction of sp³-hybridized carbons (Fsp3) is 0. The number of benzene rings is 1. The monoisotopic (exact) mass is 271 g/mol. The topological polar surface area (TPSA) is 41.6 Å². The van der Waals surface area contributed by atoms with Crippen molar-refractivity contribution in [2.75, 3.05) is 0 Å². The van der Waals surface area contributed by atoms with Crippen LogP contribution in [0.2, 0.25) is 0 Å². The van der Waals surface area contributed by atoms with Crippen LogP contribution >= 0.6 is 0 Å². The SMILES string of the molecule is c1ccc(-c2ccc3cccc(-c4ccc[nH]4)c3n2)nc1. The van der Waals surface area contributed by atoms with E-state index < -0.39 is 0 Å². The van der Waals surface area contributed by atoms with E-state index >= 15 is 0 Å². The van der Waals surface area contributed by atoms with Gasteiger partial charge in [-0.05, 0) is 30.3 Å². The van der Waals surface area contributed by atoms with Gasteiger partial charge in [0.2, 0.25) is 0 Å². The molecule has 0 fully saturated rings. The van der Waals surface area contributed by atoms with Gasteiger partial charge in [-0.2, -0.15) is 0 Å². The van der Waals surface area contributed by atoms with Gasteiger partial charge in [0, 0.05) is 29.0 Å². The van der Waals surface area contributed by atoms with Gasteiger partial charge in [-0.1, -0.05) is 30.3 Å². The van der Waals surface area contributed by atoms with Crippen LogP contribution in [0.25, 0.3) is 33.5 Å². The molecule has 0 spiro atoms. The highest BCUT2D eigenvalue weighted by atomic mass is 14.8. The van der Waals surface area contributed by atoms with Gasteiger partial charge in [0.25, 0.3) is 0 Å². The van der Waals surface area contributed by atoms with E-state index in [0.717, 1.165) is 33.5 Å². The summed E-state index contributed by atoms with van der Waals surface area (Å²) in [6.07, 6.45) is 3.72. The van der Waals surface area contributed by atoms with Crippen LogP contribution in [-0.4, -0.2) is 15.0 Å². The number of nitrogens with zero attached hydrogens (tertiary/aromatic N) is 2. The molecule has 0 unspecified atom stereocenters. The molecule has 100 valence electrons. The Kier molecular flexibility index (Phi) is 2.75. The zero-order chi connectivity index (χ0) is 14.1. The van der Waals surface area contributed by atoms with E-state index in [0.29, 0.717) is 0 Å². The summed E-state index contributed by atoms with van der Waals surface area (Å²) < 4.78 is 0. The number of nitrogens with one attached hydrogen (secondary N) is 1. The molecule has 0 radical (unpaired) electrons. The van der Waals surface area contributed by atoms with E-state index in [1.807, 2.05) is 36.5 Å². The number of H-pyrrole nitrogens is 1. The zero-order valence-corrected chi connectivity index (χ0v) is 11.3. The normalized spacial score (nSPS) is 10.9. The molecule has 0 saturated carbocycles. The second-order valence-corrected chi connectivity index (χ2v) is 4.87. The van der Waals surface area contributed by atoms with Crippen molar-refractivity contribution in [2.24, 2.45) is 0 Å². The third kappa shape index (κ3) is 2.09. The summed E-state index contributed by atoms with van der Waals surface area (Å²) in [6, 6.07) is 20.3. The van der Waals surface area contributed by atoms with Crippen LogP contribution in [0.1, 0.15) is 0 Å². The minimum absolute atomic E-state index is 0.890. The summed E-state index contributed by atoms with van der Waals surface area (Å²) in [5, 5.41) is 1.13. The summed E-state index contributed by atoms with van der Waals surface area (Å²) in [5.41, 5.74) is 4.95. The molecule has 0 aliphatic heterocycles. The second kappa shape index (κ2) is 4.87. The van der Waals surface area contributed by atoms with E-state index in [2.05, 4.69) is 40.3 Å². The predicted molar refractivity (Wildman–Crippen MR) is 84.8 cm³/mol. The highest BCUT2D eigenvalue weighted by Gasteiger charge is 2.08. The average Bonchev–Trinajstić information content (AvgIpc) is 3.09. The predicted octanol–water partition coefficient (Wildman–Crippen LogP) is 4.29. The van der Waals surface area contributed by atoms with Gasteiger partial charge in [-0.3, -0.25) is 4.98 Å². The van der Waals surface area contributed by atoms with Crippen LogP contribution in [-0.2, 0) is 0 Å². The first kappa shape index (κ1) is 11.9. The first-order valence-electron chi connectivity index (χ1n) is 6.87. The molecule has 3 nitrogen and oxygen atoms in total. The number of aromatic nitrogens is 3.